The number of aryl methyl sites for hydroxylation is 1. The average molecular weight is 332 g/mol. The van der Waals surface area contributed by atoms with Gasteiger partial charge in [-0.3, -0.25) is 0 Å². The first-order valence-electron chi connectivity index (χ1n) is 6.87. The molecule has 0 spiro atoms. The second-order valence-corrected chi connectivity index (χ2v) is 8.29. The summed E-state index contributed by atoms with van der Waals surface area (Å²) in [4.78, 5) is 2.08. The summed E-state index contributed by atoms with van der Waals surface area (Å²) in [6.07, 6.45) is 1.52. The third-order valence-corrected chi connectivity index (χ3v) is 6.08. The van der Waals surface area contributed by atoms with E-state index < -0.39 is 10.0 Å². The Morgan fingerprint density at radius 3 is 2.71 bits per heavy atom. The smallest absolute Gasteiger partial charge is 0.244 e. The lowest BCUT2D eigenvalue weighted by Crippen LogP contribution is -2.33. The van der Waals surface area contributed by atoms with Crippen molar-refractivity contribution in [3.8, 4) is 0 Å². The number of thiophene rings is 1. The highest BCUT2D eigenvalue weighted by Gasteiger charge is 2.26. The number of nitrogens with one attached hydrogen (secondary N) is 1. The van der Waals surface area contributed by atoms with Gasteiger partial charge in [-0.2, -0.15) is 4.31 Å². The number of hydrogen-bond donors (Lipinski definition) is 2. The van der Waals surface area contributed by atoms with Crippen LogP contribution in [0.3, 0.4) is 0 Å². The molecule has 0 bridgehead atoms. The average Bonchev–Trinajstić information content (AvgIpc) is 2.78. The van der Waals surface area contributed by atoms with Gasteiger partial charge in [0.1, 0.15) is 0 Å². The number of aliphatic hydroxyl groups excluding tert-OH is 1. The van der Waals surface area contributed by atoms with Crippen LogP contribution in [0.1, 0.15) is 23.6 Å². The third kappa shape index (κ3) is 4.89. The van der Waals surface area contributed by atoms with Crippen LogP contribution >= 0.6 is 11.3 Å². The molecule has 21 heavy (non-hydrogen) atoms. The molecular formula is C14H24N2O3S2. The molecule has 0 unspecified atom stereocenters. The maximum Gasteiger partial charge on any atom is 0.244 e. The molecule has 1 heterocycles. The minimum atomic E-state index is -3.59. The summed E-state index contributed by atoms with van der Waals surface area (Å²) in [7, 11) is -3.59. The lowest BCUT2D eigenvalue weighted by Gasteiger charge is -2.19. The highest BCUT2D eigenvalue weighted by atomic mass is 32.2. The van der Waals surface area contributed by atoms with E-state index in [4.69, 9.17) is 5.11 Å². The van der Waals surface area contributed by atoms with Gasteiger partial charge in [-0.15, -0.1) is 17.9 Å². The van der Waals surface area contributed by atoms with E-state index in [9.17, 15) is 8.42 Å². The highest BCUT2D eigenvalue weighted by Crippen LogP contribution is 2.28. The molecule has 120 valence electrons. The van der Waals surface area contributed by atoms with E-state index in [-0.39, 0.29) is 19.7 Å². The Bertz CT molecular complexity index is 565. The first-order chi connectivity index (χ1) is 9.82. The maximum absolute atomic E-state index is 12.6. The molecule has 1 rings (SSSR count). The van der Waals surface area contributed by atoms with Crippen molar-refractivity contribution in [2.45, 2.75) is 38.3 Å². The third-order valence-electron chi connectivity index (χ3n) is 2.91. The highest BCUT2D eigenvalue weighted by molar-refractivity contribution is 7.89. The zero-order chi connectivity index (χ0) is 16.0. The Labute approximate surface area is 131 Å². The molecule has 0 amide bonds. The van der Waals surface area contributed by atoms with E-state index in [2.05, 4.69) is 11.9 Å². The molecule has 2 N–H and O–H groups in total. The summed E-state index contributed by atoms with van der Waals surface area (Å²) >= 11 is 1.48. The summed E-state index contributed by atoms with van der Waals surface area (Å²) in [6.45, 7) is 10.2. The first-order valence-corrected chi connectivity index (χ1v) is 9.13. The molecular weight excluding hydrogens is 308 g/mol. The summed E-state index contributed by atoms with van der Waals surface area (Å²) < 4.78 is 26.5. The van der Waals surface area contributed by atoms with Gasteiger partial charge in [-0.25, -0.2) is 8.42 Å². The van der Waals surface area contributed by atoms with Gasteiger partial charge in [0.15, 0.2) is 0 Å². The summed E-state index contributed by atoms with van der Waals surface area (Å²) in [5, 5.41) is 12.3. The second kappa shape index (κ2) is 8.05. The molecule has 0 aliphatic rings. The molecule has 0 aliphatic heterocycles. The van der Waals surface area contributed by atoms with E-state index >= 15 is 0 Å². The van der Waals surface area contributed by atoms with Gasteiger partial charge in [0, 0.05) is 35.4 Å². The van der Waals surface area contributed by atoms with E-state index in [1.165, 1.54) is 21.7 Å². The monoisotopic (exact) mass is 332 g/mol. The van der Waals surface area contributed by atoms with Crippen molar-refractivity contribution in [1.82, 2.24) is 9.62 Å². The van der Waals surface area contributed by atoms with Gasteiger partial charge in [-0.05, 0) is 13.0 Å². The number of nitrogens with zero attached hydrogens (tertiary/aromatic N) is 1. The van der Waals surface area contributed by atoms with Gasteiger partial charge < -0.3 is 10.4 Å². The summed E-state index contributed by atoms with van der Waals surface area (Å²) in [5.74, 6) is 0. The minimum absolute atomic E-state index is 0.0726. The summed E-state index contributed by atoms with van der Waals surface area (Å²) in [6, 6.07) is 2.07. The molecule has 0 aromatic carbocycles. The quantitative estimate of drug-likeness (QED) is 0.676. The standard InChI is InChI=1S/C14H24N2O3S2/c1-5-6-16(7-8-17)21(18,19)14-9-13(20-12(14)4)10-15-11(2)3/h5,9,11,15,17H,1,6-8,10H2,2-4H3. The summed E-state index contributed by atoms with van der Waals surface area (Å²) in [5.41, 5.74) is 0. The zero-order valence-electron chi connectivity index (χ0n) is 12.8. The zero-order valence-corrected chi connectivity index (χ0v) is 14.4. The van der Waals surface area contributed by atoms with Crippen LogP contribution in [0.4, 0.5) is 0 Å². The molecule has 1 aromatic rings. The normalized spacial score (nSPS) is 12.3. The van der Waals surface area contributed by atoms with Crippen LogP contribution in [0.25, 0.3) is 0 Å². The fourth-order valence-corrected chi connectivity index (χ4v) is 4.83. The van der Waals surface area contributed by atoms with Crippen molar-refractivity contribution >= 4 is 21.4 Å². The maximum atomic E-state index is 12.6. The van der Waals surface area contributed by atoms with Crippen molar-refractivity contribution < 1.29 is 13.5 Å². The number of rotatable bonds is 9. The predicted molar refractivity (Wildman–Crippen MR) is 87.1 cm³/mol. The lowest BCUT2D eigenvalue weighted by atomic mass is 10.3. The number of aliphatic hydroxyl groups is 1. The fourth-order valence-electron chi connectivity index (χ4n) is 1.88. The molecule has 0 atom stereocenters. The van der Waals surface area contributed by atoms with Crippen LogP contribution in [0.2, 0.25) is 0 Å². The molecule has 0 radical (unpaired) electrons. The predicted octanol–water partition coefficient (Wildman–Crippen LogP) is 1.72. The van der Waals surface area contributed by atoms with Crippen molar-refractivity contribution in [1.29, 1.82) is 0 Å². The van der Waals surface area contributed by atoms with Crippen LogP contribution in [0.15, 0.2) is 23.6 Å². The van der Waals surface area contributed by atoms with Gasteiger partial charge in [-0.1, -0.05) is 19.9 Å². The molecule has 7 heteroatoms. The molecule has 5 nitrogen and oxygen atoms in total. The van der Waals surface area contributed by atoms with Gasteiger partial charge in [0.25, 0.3) is 0 Å². The van der Waals surface area contributed by atoms with Crippen LogP contribution in [0.5, 0.6) is 0 Å². The molecule has 0 saturated heterocycles. The lowest BCUT2D eigenvalue weighted by molar-refractivity contribution is 0.260. The topological polar surface area (TPSA) is 69.6 Å². The van der Waals surface area contributed by atoms with E-state index in [0.717, 1.165) is 9.75 Å². The van der Waals surface area contributed by atoms with E-state index in [0.29, 0.717) is 17.5 Å². The van der Waals surface area contributed by atoms with Gasteiger partial charge in [0.2, 0.25) is 10.0 Å². The van der Waals surface area contributed by atoms with Crippen LogP contribution in [0, 0.1) is 6.92 Å². The Kier molecular flexibility index (Phi) is 7.02. The van der Waals surface area contributed by atoms with Crippen molar-refractivity contribution in [2.75, 3.05) is 19.7 Å². The molecule has 1 aromatic heterocycles. The van der Waals surface area contributed by atoms with Gasteiger partial charge >= 0.3 is 0 Å². The Morgan fingerprint density at radius 2 is 2.19 bits per heavy atom. The minimum Gasteiger partial charge on any atom is -0.395 e. The molecule has 0 saturated carbocycles. The van der Waals surface area contributed by atoms with Crippen LogP contribution in [-0.2, 0) is 16.6 Å². The van der Waals surface area contributed by atoms with Gasteiger partial charge in [0.05, 0.1) is 11.5 Å². The molecule has 0 aliphatic carbocycles. The number of hydrogen-bond acceptors (Lipinski definition) is 5. The largest absolute Gasteiger partial charge is 0.395 e. The van der Waals surface area contributed by atoms with E-state index in [1.807, 2.05) is 20.8 Å². The Balaban J connectivity index is 3.04. The van der Waals surface area contributed by atoms with Crippen LogP contribution in [-0.4, -0.2) is 43.6 Å². The van der Waals surface area contributed by atoms with Crippen molar-refractivity contribution in [3.05, 3.63) is 28.5 Å². The first kappa shape index (κ1) is 18.3. The SMILES string of the molecule is C=CCN(CCO)S(=O)(=O)c1cc(CNC(C)C)sc1C. The Hall–Kier alpha value is -0.730. The van der Waals surface area contributed by atoms with E-state index in [1.54, 1.807) is 6.07 Å². The van der Waals surface area contributed by atoms with Crippen LogP contribution < -0.4 is 5.32 Å². The van der Waals surface area contributed by atoms with Crippen molar-refractivity contribution in [2.24, 2.45) is 0 Å². The second-order valence-electron chi connectivity index (χ2n) is 5.04. The van der Waals surface area contributed by atoms with Crippen molar-refractivity contribution in [3.63, 3.8) is 0 Å². The number of sulfonamides is 1. The Morgan fingerprint density at radius 1 is 1.52 bits per heavy atom. The fraction of sp³-hybridized carbons (Fsp3) is 0.571. The molecule has 0 fully saturated rings.